The summed E-state index contributed by atoms with van der Waals surface area (Å²) >= 11 is 0. The SMILES string of the molecule is COC(=O)c1ccc(C(=O)OC)c(NC(=O)c2ccccc2N(Cc2ccccc2)S(=O)(=O)c2ccccc2)c1. The minimum Gasteiger partial charge on any atom is -0.465 e. The molecular formula is C30H26N2O7S. The second-order valence-corrected chi connectivity index (χ2v) is 10.4. The third kappa shape index (κ3) is 6.02. The first-order valence-corrected chi connectivity index (χ1v) is 13.5. The standard InChI is InChI=1S/C30H26N2O7S/c1-38-29(34)22-17-18-24(30(35)39-2)26(19-22)31-28(33)25-15-9-10-16-27(25)32(20-21-11-5-3-6-12-21)40(36,37)23-13-7-4-8-14-23/h3-19H,20H2,1-2H3,(H,31,33). The van der Waals surface area contributed by atoms with E-state index in [1.807, 2.05) is 6.07 Å². The van der Waals surface area contributed by atoms with E-state index in [4.69, 9.17) is 9.47 Å². The molecule has 0 atom stereocenters. The molecule has 0 heterocycles. The van der Waals surface area contributed by atoms with Gasteiger partial charge in [-0.05, 0) is 48.0 Å². The minimum atomic E-state index is -4.11. The normalized spacial score (nSPS) is 10.8. The summed E-state index contributed by atoms with van der Waals surface area (Å²) in [5.41, 5.74) is 0.940. The van der Waals surface area contributed by atoms with Gasteiger partial charge in [-0.1, -0.05) is 60.7 Å². The number of sulfonamides is 1. The zero-order chi connectivity index (χ0) is 28.7. The molecule has 0 unspecified atom stereocenters. The van der Waals surface area contributed by atoms with Crippen LogP contribution in [0, 0.1) is 0 Å². The summed E-state index contributed by atoms with van der Waals surface area (Å²) in [5, 5.41) is 2.64. The first-order valence-electron chi connectivity index (χ1n) is 12.1. The molecule has 0 radical (unpaired) electrons. The molecule has 4 aromatic carbocycles. The quantitative estimate of drug-likeness (QED) is 0.290. The molecule has 0 saturated heterocycles. The monoisotopic (exact) mass is 558 g/mol. The molecule has 9 nitrogen and oxygen atoms in total. The lowest BCUT2D eigenvalue weighted by molar-refractivity contribution is 0.0587. The molecule has 10 heteroatoms. The highest BCUT2D eigenvalue weighted by Crippen LogP contribution is 2.30. The highest BCUT2D eigenvalue weighted by atomic mass is 32.2. The van der Waals surface area contributed by atoms with Crippen LogP contribution in [-0.2, 0) is 26.0 Å². The van der Waals surface area contributed by atoms with Gasteiger partial charge in [0.2, 0.25) is 0 Å². The highest BCUT2D eigenvalue weighted by Gasteiger charge is 2.29. The Balaban J connectivity index is 1.81. The third-order valence-corrected chi connectivity index (χ3v) is 7.79. The van der Waals surface area contributed by atoms with E-state index in [1.165, 1.54) is 61.0 Å². The van der Waals surface area contributed by atoms with Crippen LogP contribution in [0.3, 0.4) is 0 Å². The Kier molecular flexibility index (Phi) is 8.60. The number of para-hydroxylation sites is 1. The first kappa shape index (κ1) is 28.1. The van der Waals surface area contributed by atoms with Crippen LogP contribution in [0.5, 0.6) is 0 Å². The second kappa shape index (κ2) is 12.3. The number of hydrogen-bond acceptors (Lipinski definition) is 7. The summed E-state index contributed by atoms with van der Waals surface area (Å²) < 4.78 is 38.5. The Morgan fingerprint density at radius 3 is 1.98 bits per heavy atom. The van der Waals surface area contributed by atoms with Crippen molar-refractivity contribution in [1.82, 2.24) is 0 Å². The topological polar surface area (TPSA) is 119 Å². The van der Waals surface area contributed by atoms with Crippen LogP contribution in [0.15, 0.2) is 108 Å². The van der Waals surface area contributed by atoms with Gasteiger partial charge >= 0.3 is 11.9 Å². The van der Waals surface area contributed by atoms with Gasteiger partial charge in [-0.3, -0.25) is 9.10 Å². The molecule has 1 amide bonds. The zero-order valence-electron chi connectivity index (χ0n) is 21.7. The number of carbonyl (C=O) groups excluding carboxylic acids is 3. The molecule has 1 N–H and O–H groups in total. The predicted octanol–water partition coefficient (Wildman–Crippen LogP) is 4.91. The van der Waals surface area contributed by atoms with E-state index in [-0.39, 0.29) is 39.5 Å². The van der Waals surface area contributed by atoms with Gasteiger partial charge in [-0.2, -0.15) is 0 Å². The lowest BCUT2D eigenvalue weighted by Crippen LogP contribution is -2.32. The number of carbonyl (C=O) groups is 3. The largest absolute Gasteiger partial charge is 0.465 e. The van der Waals surface area contributed by atoms with Crippen LogP contribution >= 0.6 is 0 Å². The Labute approximate surface area is 232 Å². The molecule has 0 aliphatic carbocycles. The Morgan fingerprint density at radius 2 is 1.32 bits per heavy atom. The maximum atomic E-state index is 13.9. The van der Waals surface area contributed by atoms with Crippen LogP contribution in [0.2, 0.25) is 0 Å². The number of hydrogen-bond donors (Lipinski definition) is 1. The molecule has 204 valence electrons. The summed E-state index contributed by atoms with van der Waals surface area (Å²) in [6.45, 7) is -0.0480. The molecule has 0 fully saturated rings. The van der Waals surface area contributed by atoms with Gasteiger partial charge in [-0.25, -0.2) is 18.0 Å². The number of esters is 2. The first-order chi connectivity index (χ1) is 19.3. The summed E-state index contributed by atoms with van der Waals surface area (Å²) in [7, 11) is -1.71. The number of anilines is 2. The number of rotatable bonds is 9. The molecule has 0 bridgehead atoms. The van der Waals surface area contributed by atoms with Crippen molar-refractivity contribution in [2.75, 3.05) is 23.8 Å². The zero-order valence-corrected chi connectivity index (χ0v) is 22.6. The van der Waals surface area contributed by atoms with Crippen LogP contribution in [-0.4, -0.2) is 40.5 Å². The Hall–Kier alpha value is -4.96. The van der Waals surface area contributed by atoms with Gasteiger partial charge in [-0.15, -0.1) is 0 Å². The van der Waals surface area contributed by atoms with Crippen LogP contribution in [0.25, 0.3) is 0 Å². The van der Waals surface area contributed by atoms with Crippen LogP contribution in [0.1, 0.15) is 36.6 Å². The summed E-state index contributed by atoms with van der Waals surface area (Å²) in [5.74, 6) is -2.11. The van der Waals surface area contributed by atoms with Gasteiger partial charge in [0.15, 0.2) is 0 Å². The van der Waals surface area contributed by atoms with Crippen molar-refractivity contribution in [2.45, 2.75) is 11.4 Å². The summed E-state index contributed by atoms with van der Waals surface area (Å²) in [4.78, 5) is 38.2. The maximum absolute atomic E-state index is 13.9. The van der Waals surface area contributed by atoms with E-state index < -0.39 is 27.9 Å². The maximum Gasteiger partial charge on any atom is 0.339 e. The number of nitrogens with one attached hydrogen (secondary N) is 1. The molecule has 0 saturated carbocycles. The van der Waals surface area contributed by atoms with Crippen molar-refractivity contribution in [3.05, 3.63) is 125 Å². The molecule has 4 rings (SSSR count). The Morgan fingerprint density at radius 1 is 0.725 bits per heavy atom. The Bertz CT molecular complexity index is 1640. The molecule has 0 aliphatic rings. The van der Waals surface area contributed by atoms with Crippen LogP contribution in [0.4, 0.5) is 11.4 Å². The van der Waals surface area contributed by atoms with E-state index in [9.17, 15) is 22.8 Å². The van der Waals surface area contributed by atoms with Crippen molar-refractivity contribution in [3.8, 4) is 0 Å². The van der Waals surface area contributed by atoms with E-state index in [1.54, 1.807) is 54.6 Å². The number of nitrogens with zero attached hydrogens (tertiary/aromatic N) is 1. The van der Waals surface area contributed by atoms with Crippen molar-refractivity contribution in [3.63, 3.8) is 0 Å². The van der Waals surface area contributed by atoms with Crippen molar-refractivity contribution >= 4 is 39.2 Å². The third-order valence-electron chi connectivity index (χ3n) is 6.01. The average Bonchev–Trinajstić information content (AvgIpc) is 3.00. The lowest BCUT2D eigenvalue weighted by Gasteiger charge is -2.26. The van der Waals surface area contributed by atoms with Gasteiger partial charge in [0.25, 0.3) is 15.9 Å². The van der Waals surface area contributed by atoms with E-state index in [0.29, 0.717) is 5.56 Å². The minimum absolute atomic E-state index is 0.000895. The number of benzene rings is 4. The van der Waals surface area contributed by atoms with E-state index in [2.05, 4.69) is 5.32 Å². The molecule has 40 heavy (non-hydrogen) atoms. The molecular weight excluding hydrogens is 532 g/mol. The van der Waals surface area contributed by atoms with Crippen molar-refractivity contribution < 1.29 is 32.3 Å². The molecule has 0 spiro atoms. The molecule has 4 aromatic rings. The fourth-order valence-corrected chi connectivity index (χ4v) is 5.51. The highest BCUT2D eigenvalue weighted by molar-refractivity contribution is 7.92. The van der Waals surface area contributed by atoms with Crippen LogP contribution < -0.4 is 9.62 Å². The van der Waals surface area contributed by atoms with Crippen molar-refractivity contribution in [1.29, 1.82) is 0 Å². The van der Waals surface area contributed by atoms with Gasteiger partial charge < -0.3 is 14.8 Å². The smallest absolute Gasteiger partial charge is 0.339 e. The van der Waals surface area contributed by atoms with Crippen molar-refractivity contribution in [2.24, 2.45) is 0 Å². The van der Waals surface area contributed by atoms with E-state index >= 15 is 0 Å². The molecule has 0 aromatic heterocycles. The molecule has 0 aliphatic heterocycles. The average molecular weight is 559 g/mol. The fraction of sp³-hybridized carbons (Fsp3) is 0.100. The lowest BCUT2D eigenvalue weighted by atomic mass is 10.1. The van der Waals surface area contributed by atoms with Gasteiger partial charge in [0.1, 0.15) is 0 Å². The van der Waals surface area contributed by atoms with Gasteiger partial charge in [0, 0.05) is 0 Å². The number of amides is 1. The number of ether oxygens (including phenoxy) is 2. The summed E-state index contributed by atoms with van der Waals surface area (Å²) in [6, 6.07) is 27.1. The van der Waals surface area contributed by atoms with E-state index in [0.717, 1.165) is 0 Å². The fourth-order valence-electron chi connectivity index (χ4n) is 4.02. The van der Waals surface area contributed by atoms with Gasteiger partial charge in [0.05, 0.1) is 53.7 Å². The second-order valence-electron chi connectivity index (χ2n) is 8.53. The summed E-state index contributed by atoms with van der Waals surface area (Å²) in [6.07, 6.45) is 0. The number of methoxy groups -OCH3 is 2. The predicted molar refractivity (Wildman–Crippen MR) is 150 cm³/mol.